The zero-order chi connectivity index (χ0) is 105. The number of hydrogen-bond acceptors (Lipinski definition) is 24. The number of Topliss-reactive ketones (excluding diaryl/α,β-unsaturated/α-hetero) is 2. The van der Waals surface area contributed by atoms with Crippen LogP contribution in [0.25, 0.3) is 0 Å². The van der Waals surface area contributed by atoms with Gasteiger partial charge >= 0.3 is 27.6 Å². The maximum atomic E-state index is 16.0. The number of aryl methyl sites for hydroxylation is 2. The molecule has 0 aromatic heterocycles. The number of nitrogens with one attached hydrogen (secondary N) is 2. The number of carbonyl (C=O) groups excluding carboxylic acids is 6. The molecule has 4 aromatic carbocycles. The number of hydrogen-bond donors (Lipinski definition) is 8. The van der Waals surface area contributed by atoms with E-state index in [1.165, 1.54) is 23.3 Å². The van der Waals surface area contributed by atoms with Crippen molar-refractivity contribution in [2.45, 2.75) is 328 Å². The number of phosphoric acid groups is 2. The highest BCUT2D eigenvalue weighted by atomic mass is 35.5. The lowest BCUT2D eigenvalue weighted by Crippen LogP contribution is -2.61. The van der Waals surface area contributed by atoms with Crippen molar-refractivity contribution < 1.29 is 128 Å². The first-order valence-electron chi connectivity index (χ1n) is 56.7. The van der Waals surface area contributed by atoms with Crippen molar-refractivity contribution >= 4 is 63.1 Å². The number of likely N-dealkylation sites (N-methyl/N-ethyl adjacent to an activating group) is 1. The fraction of sp³-hybridized carbons (Fsp3) is 0.678. The van der Waals surface area contributed by atoms with Crippen LogP contribution >= 0.6 is 28.1 Å². The normalized spacial score (nSPS) is 30.6. The van der Waals surface area contributed by atoms with Crippen molar-refractivity contribution in [2.24, 2.45) is 74.9 Å². The number of ketones is 4. The second-order valence-electron chi connectivity index (χ2n) is 47.0. The van der Waals surface area contributed by atoms with Crippen molar-refractivity contribution in [3.63, 3.8) is 0 Å². The number of fused-ring (bicyclic) bond motifs is 14. The summed E-state index contributed by atoms with van der Waals surface area (Å²) in [7, 11) is -10.4. The number of rotatable bonds is 54. The van der Waals surface area contributed by atoms with E-state index in [9.17, 15) is 48.9 Å². The standard InChI is InChI=1S/C118H166N4O25P2.ClH/c1-7-121(8-2,74-86-65-84(45-51-100(86)145-148(132,133)134)97(126)72-119-57-27-9-11-31-61-137-63-33-25-39-80-35-17-13-18-36-80)76-105(130)140-79-102(129)118-104(141-113(144-118)83-43-23-16-24-44-83)70-95-92-49-48-89-68-91(124)69-103(117(89,6)94(92)54-56-116(95,118)5)147-149(135,136)146-101-52-46-85(98(127)73-120-58-28-10-12-32-62-138-64-34-26-40-81-37-19-14-20-38-81)66-87(101)75-122(59-29-30-60-122)77-106(131)139-78-99(128)109-111-110(142-112(143-111)82-41-21-15-22-42-82)108-93-50-47-88-67-90(123)53-55-114(88,3)107(93)96(125)71-115(108,109)4;/h13-14,17-20,35-38,45-46,51-53,55,65-69,82-83,92-98,104,107-113,119-120,125-127H,7-12,15-16,21-34,39-44,47-50,54,56-64,70-79H2,1-6H3,(H-2,132,133,134,135,136);1H/p+2/t92?,93?,94?,95?,96-,97+,98?,104-,107?,108?,109-,110?,111?,112+,113+,114-,115-,116-,117-,118+;/m0./s1. The van der Waals surface area contributed by atoms with Gasteiger partial charge in [0.15, 0.2) is 61.8 Å². The molecule has 3 heterocycles. The van der Waals surface area contributed by atoms with Crippen LogP contribution in [0.15, 0.2) is 144 Å². The first-order valence-corrected chi connectivity index (χ1v) is 59.8. The summed E-state index contributed by atoms with van der Waals surface area (Å²) in [4.78, 5) is 122. The van der Waals surface area contributed by atoms with E-state index in [0.717, 1.165) is 198 Å². The predicted molar refractivity (Wildman–Crippen MR) is 569 cm³/mol. The fourth-order valence-electron chi connectivity index (χ4n) is 29.8. The molecule has 29 nitrogen and oxygen atoms in total. The highest BCUT2D eigenvalue weighted by molar-refractivity contribution is 7.48. The molecule has 8 N–H and O–H groups in total. The topological polar surface area (TPSA) is 384 Å². The molecule has 4 aromatic rings. The number of benzene rings is 4. The van der Waals surface area contributed by atoms with E-state index in [4.69, 9.17) is 51.5 Å². The summed E-state index contributed by atoms with van der Waals surface area (Å²) in [6.45, 7) is 16.9. The molecule has 3 saturated heterocycles. The summed E-state index contributed by atoms with van der Waals surface area (Å²) in [5.74, 6) is -4.53. The van der Waals surface area contributed by atoms with Gasteiger partial charge in [-0.2, -0.15) is 0 Å². The molecule has 0 bridgehead atoms. The van der Waals surface area contributed by atoms with Crippen LogP contribution in [0.4, 0.5) is 0 Å². The van der Waals surface area contributed by atoms with E-state index in [1.54, 1.807) is 48.6 Å². The number of carbonyl (C=O) groups is 6. The molecule has 0 spiro atoms. The Morgan fingerprint density at radius 2 is 1.12 bits per heavy atom. The smallest absolute Gasteiger partial charge is 0.454 e. The summed E-state index contributed by atoms with van der Waals surface area (Å²) >= 11 is 0. The number of unbranched alkanes of at least 4 members (excludes halogenated alkanes) is 8. The average Bonchev–Trinajstić information content (AvgIpc) is 1.51. The Balaban J connectivity index is 0.0000160. The summed E-state index contributed by atoms with van der Waals surface area (Å²) < 4.78 is 99.5. The summed E-state index contributed by atoms with van der Waals surface area (Å²) in [5, 5.41) is 43.1. The van der Waals surface area contributed by atoms with Crippen LogP contribution in [0.1, 0.15) is 293 Å². The van der Waals surface area contributed by atoms with Crippen molar-refractivity contribution in [3.8, 4) is 11.5 Å². The van der Waals surface area contributed by atoms with E-state index in [2.05, 4.69) is 79.9 Å². The molecule has 21 atom stereocenters. The molecule has 32 heteroatoms. The molecule has 11 fully saturated rings. The second kappa shape index (κ2) is 51.1. The third-order valence-electron chi connectivity index (χ3n) is 37.6. The van der Waals surface area contributed by atoms with Gasteiger partial charge in [0.2, 0.25) is 5.78 Å². The molecular weight excluding hydrogens is 1970 g/mol. The zero-order valence-corrected chi connectivity index (χ0v) is 92.0. The molecular formula is C118H169ClN4O25P2+2. The van der Waals surface area contributed by atoms with E-state index < -0.39 is 135 Å². The summed E-state index contributed by atoms with van der Waals surface area (Å²) in [6, 6.07) is 30.6. The van der Waals surface area contributed by atoms with Crippen LogP contribution in [0.2, 0.25) is 0 Å². The zero-order valence-electron chi connectivity index (χ0n) is 89.3. The molecule has 13 aliphatic rings. The average molecular weight is 2140 g/mol. The third-order valence-corrected chi connectivity index (χ3v) is 38.9. The molecule has 3 aliphatic heterocycles. The second-order valence-corrected chi connectivity index (χ2v) is 49.4. The van der Waals surface area contributed by atoms with Crippen LogP contribution < -0.4 is 19.7 Å². The lowest BCUT2D eigenvalue weighted by atomic mass is 9.46. The minimum Gasteiger partial charge on any atom is -0.454 e. The Hall–Kier alpha value is -7.03. The van der Waals surface area contributed by atoms with E-state index in [0.29, 0.717) is 113 Å². The quantitative estimate of drug-likeness (QED) is 0.00881. The van der Waals surface area contributed by atoms with E-state index >= 15 is 18.9 Å². The van der Waals surface area contributed by atoms with Gasteiger partial charge in [-0.05, 0) is 275 Å². The maximum Gasteiger partial charge on any atom is 0.584 e. The molecule has 10 unspecified atom stereocenters. The molecule has 17 rings (SSSR count). The van der Waals surface area contributed by atoms with Gasteiger partial charge in [-0.15, -0.1) is 12.4 Å². The van der Waals surface area contributed by atoms with Crippen LogP contribution in [-0.2, 0) is 106 Å². The minimum absolute atomic E-state index is 0. The number of halogens is 1. The molecule has 826 valence electrons. The van der Waals surface area contributed by atoms with Crippen LogP contribution in [0, 0.1) is 74.9 Å². The first kappa shape index (κ1) is 115. The number of nitrogens with zero attached hydrogens (tertiary/aromatic N) is 2. The van der Waals surface area contributed by atoms with Gasteiger partial charge in [-0.25, -0.2) is 18.7 Å². The Labute approximate surface area is 893 Å². The molecule has 8 saturated carbocycles. The molecule has 150 heavy (non-hydrogen) atoms. The van der Waals surface area contributed by atoms with Gasteiger partial charge in [0.05, 0.1) is 74.1 Å². The Morgan fingerprint density at radius 1 is 0.567 bits per heavy atom. The SMILES string of the molecule is CC[N+](CC)(CC(=O)OCC(=O)[C@@]12O[C@H](C3CCCCC3)O[C@H]1CC1C3CCC4=CC(=O)C=C(OP(=O)(O)Oc5ccc(C(O)CNCCCCCCOCCCCc6ccccc6)cc5C[N+]5(CC(=O)OCC(=O)[C@H]6C7O[C@H](C8CCCCC8)OC7C7C8CCC9=CC(=O)C=C[C@]9(C)C8[C@@H](O)C[C@@]76C)CCCC5)[C@]4(C)C3CC[C@@]12C)Cc1cc([C@H](O)CNCCCCCCOCCCCc2ccccc2)ccc1OP(=O)(O)O.Cl. The summed E-state index contributed by atoms with van der Waals surface area (Å²) in [5.41, 5.74) is 1.15. The first-order chi connectivity index (χ1) is 71.7. The van der Waals surface area contributed by atoms with Crippen LogP contribution in [-0.4, -0.2) is 222 Å². The van der Waals surface area contributed by atoms with Gasteiger partial charge in [-0.1, -0.05) is 175 Å². The van der Waals surface area contributed by atoms with Gasteiger partial charge in [0.1, 0.15) is 30.3 Å². The lowest BCUT2D eigenvalue weighted by Gasteiger charge is -2.59. The Morgan fingerprint density at radius 3 is 1.73 bits per heavy atom. The van der Waals surface area contributed by atoms with Crippen molar-refractivity contribution in [1.82, 2.24) is 10.6 Å². The minimum atomic E-state index is -5.34. The largest absolute Gasteiger partial charge is 0.584 e. The van der Waals surface area contributed by atoms with E-state index in [1.807, 2.05) is 39.0 Å². The number of likely N-dealkylation sites (tertiary alicyclic amines) is 1. The van der Waals surface area contributed by atoms with Crippen molar-refractivity contribution in [1.29, 1.82) is 0 Å². The lowest BCUT2D eigenvalue weighted by molar-refractivity contribution is -0.931. The maximum absolute atomic E-state index is 16.0. The number of phosphoric ester groups is 2. The molecule has 0 radical (unpaired) electrons. The van der Waals surface area contributed by atoms with Gasteiger partial charge in [0.25, 0.3) is 0 Å². The Bertz CT molecular complexity index is 5480. The van der Waals surface area contributed by atoms with Crippen molar-refractivity contribution in [3.05, 3.63) is 178 Å². The number of esters is 2. The van der Waals surface area contributed by atoms with Crippen molar-refractivity contribution in [2.75, 3.05) is 105 Å². The fourth-order valence-corrected chi connectivity index (χ4v) is 31.2. The highest BCUT2D eigenvalue weighted by Gasteiger charge is 2.77. The number of ether oxygens (including phenoxy) is 8. The van der Waals surface area contributed by atoms with Gasteiger partial charge in [0, 0.05) is 98.1 Å². The van der Waals surface area contributed by atoms with Crippen LogP contribution in [0.3, 0.4) is 0 Å². The molecule has 0 amide bonds. The van der Waals surface area contributed by atoms with Gasteiger partial charge in [-0.3, -0.25) is 33.9 Å². The Kier molecular flexibility index (Phi) is 39.3. The van der Waals surface area contributed by atoms with E-state index in [-0.39, 0.29) is 143 Å². The number of aliphatic hydroxyl groups is 3. The third kappa shape index (κ3) is 26.3. The summed E-state index contributed by atoms with van der Waals surface area (Å²) in [6.07, 6.45) is 31.5. The van der Waals surface area contributed by atoms with Gasteiger partial charge < -0.3 is 86.4 Å². The number of aliphatic hydroxyl groups excluding tert-OH is 3. The highest BCUT2D eigenvalue weighted by Crippen LogP contribution is 2.73. The monoisotopic (exact) mass is 2140 g/mol. The predicted octanol–water partition coefficient (Wildman–Crippen LogP) is 19.0. The number of quaternary nitrogens is 2. The number of allylic oxidation sites excluding steroid dienone is 7. The molecule has 10 aliphatic carbocycles. The van der Waals surface area contributed by atoms with Crippen LogP contribution in [0.5, 0.6) is 11.5 Å².